The van der Waals surface area contributed by atoms with E-state index in [2.05, 4.69) is 16.5 Å². The Kier molecular flexibility index (Phi) is 1.89. The molecule has 1 atom stereocenters. The van der Waals surface area contributed by atoms with Crippen molar-refractivity contribution < 1.29 is 0 Å². The first-order valence-electron chi connectivity index (χ1n) is 5.28. The van der Waals surface area contributed by atoms with Crippen LogP contribution in [0.1, 0.15) is 18.0 Å². The van der Waals surface area contributed by atoms with Crippen LogP contribution in [0.5, 0.6) is 0 Å². The van der Waals surface area contributed by atoms with Crippen LogP contribution in [0.4, 0.5) is 5.69 Å². The molecule has 3 N–H and O–H groups in total. The average molecular weight is 202 g/mol. The molecule has 0 aromatic carbocycles. The fraction of sp³-hybridized carbons (Fsp3) is 0.364. The SMILES string of the molecule is Nc1ccn2cc(C3CCNC3)nc2c1. The van der Waals surface area contributed by atoms with Crippen molar-refractivity contribution in [2.75, 3.05) is 18.8 Å². The lowest BCUT2D eigenvalue weighted by molar-refractivity contribution is 0.742. The summed E-state index contributed by atoms with van der Waals surface area (Å²) in [5.41, 5.74) is 8.60. The average Bonchev–Trinajstić information content (AvgIpc) is 2.84. The van der Waals surface area contributed by atoms with Gasteiger partial charge in [-0.25, -0.2) is 4.98 Å². The molecule has 2 aromatic rings. The summed E-state index contributed by atoms with van der Waals surface area (Å²) in [5.74, 6) is 0.561. The van der Waals surface area contributed by atoms with E-state index in [-0.39, 0.29) is 0 Å². The molecule has 0 amide bonds. The Morgan fingerprint density at radius 3 is 3.27 bits per heavy atom. The van der Waals surface area contributed by atoms with Crippen LogP contribution in [-0.4, -0.2) is 22.5 Å². The van der Waals surface area contributed by atoms with Crippen LogP contribution in [-0.2, 0) is 0 Å². The molecule has 3 heterocycles. The molecule has 0 bridgehead atoms. The van der Waals surface area contributed by atoms with E-state index in [1.807, 2.05) is 22.7 Å². The standard InChI is InChI=1S/C11H14N4/c12-9-2-4-15-7-10(14-11(15)5-9)8-1-3-13-6-8/h2,4-5,7-8,13H,1,3,6,12H2. The molecular weight excluding hydrogens is 188 g/mol. The Morgan fingerprint density at radius 1 is 1.53 bits per heavy atom. The first-order valence-corrected chi connectivity index (χ1v) is 5.28. The third-order valence-electron chi connectivity index (χ3n) is 2.98. The smallest absolute Gasteiger partial charge is 0.139 e. The van der Waals surface area contributed by atoms with Gasteiger partial charge in [0.25, 0.3) is 0 Å². The zero-order chi connectivity index (χ0) is 10.3. The van der Waals surface area contributed by atoms with Gasteiger partial charge in [0, 0.05) is 36.6 Å². The normalized spacial score (nSPS) is 21.2. The van der Waals surface area contributed by atoms with Crippen molar-refractivity contribution in [2.45, 2.75) is 12.3 Å². The van der Waals surface area contributed by atoms with Gasteiger partial charge >= 0.3 is 0 Å². The summed E-state index contributed by atoms with van der Waals surface area (Å²) in [6.07, 6.45) is 5.25. The minimum atomic E-state index is 0.561. The molecule has 1 aliphatic rings. The van der Waals surface area contributed by atoms with Gasteiger partial charge in [-0.05, 0) is 19.0 Å². The van der Waals surface area contributed by atoms with Gasteiger partial charge in [0.1, 0.15) is 5.65 Å². The van der Waals surface area contributed by atoms with E-state index < -0.39 is 0 Å². The van der Waals surface area contributed by atoms with Crippen molar-refractivity contribution in [3.05, 3.63) is 30.2 Å². The fourth-order valence-electron chi connectivity index (χ4n) is 2.12. The zero-order valence-corrected chi connectivity index (χ0v) is 8.48. The highest BCUT2D eigenvalue weighted by atomic mass is 15.0. The molecule has 1 aliphatic heterocycles. The minimum Gasteiger partial charge on any atom is -0.399 e. The summed E-state index contributed by atoms with van der Waals surface area (Å²) < 4.78 is 2.03. The molecule has 2 aromatic heterocycles. The summed E-state index contributed by atoms with van der Waals surface area (Å²) in [6, 6.07) is 3.80. The molecule has 0 aliphatic carbocycles. The molecule has 0 saturated carbocycles. The Hall–Kier alpha value is -1.55. The van der Waals surface area contributed by atoms with E-state index in [1.165, 1.54) is 12.1 Å². The predicted octanol–water partition coefficient (Wildman–Crippen LogP) is 0.993. The number of hydrogen-bond donors (Lipinski definition) is 2. The van der Waals surface area contributed by atoms with Gasteiger partial charge in [-0.2, -0.15) is 0 Å². The van der Waals surface area contributed by atoms with E-state index in [0.717, 1.165) is 24.4 Å². The third-order valence-corrected chi connectivity index (χ3v) is 2.98. The van der Waals surface area contributed by atoms with Crippen molar-refractivity contribution in [3.63, 3.8) is 0 Å². The summed E-state index contributed by atoms with van der Waals surface area (Å²) in [7, 11) is 0. The Labute approximate surface area is 88.1 Å². The summed E-state index contributed by atoms with van der Waals surface area (Å²) >= 11 is 0. The quantitative estimate of drug-likeness (QED) is 0.725. The van der Waals surface area contributed by atoms with Gasteiger partial charge in [0.2, 0.25) is 0 Å². The van der Waals surface area contributed by atoms with Gasteiger partial charge in [-0.3, -0.25) is 0 Å². The van der Waals surface area contributed by atoms with Crippen molar-refractivity contribution >= 4 is 11.3 Å². The molecule has 15 heavy (non-hydrogen) atoms. The van der Waals surface area contributed by atoms with E-state index in [4.69, 9.17) is 5.73 Å². The molecule has 0 radical (unpaired) electrons. The van der Waals surface area contributed by atoms with Crippen molar-refractivity contribution in [1.29, 1.82) is 0 Å². The highest BCUT2D eigenvalue weighted by Gasteiger charge is 2.19. The van der Waals surface area contributed by atoms with E-state index in [0.29, 0.717) is 5.92 Å². The molecule has 3 rings (SSSR count). The molecule has 4 heteroatoms. The summed E-state index contributed by atoms with van der Waals surface area (Å²) in [4.78, 5) is 4.60. The first-order chi connectivity index (χ1) is 7.33. The monoisotopic (exact) mass is 202 g/mol. The van der Waals surface area contributed by atoms with Crippen LogP contribution in [0.2, 0.25) is 0 Å². The molecule has 78 valence electrons. The van der Waals surface area contributed by atoms with Crippen LogP contribution < -0.4 is 11.1 Å². The van der Waals surface area contributed by atoms with Gasteiger partial charge in [-0.1, -0.05) is 0 Å². The van der Waals surface area contributed by atoms with E-state index in [9.17, 15) is 0 Å². The number of hydrogen-bond acceptors (Lipinski definition) is 3. The topological polar surface area (TPSA) is 55.4 Å². The number of nitrogens with two attached hydrogens (primary N) is 1. The predicted molar refractivity (Wildman–Crippen MR) is 59.8 cm³/mol. The maximum Gasteiger partial charge on any atom is 0.139 e. The van der Waals surface area contributed by atoms with E-state index in [1.54, 1.807) is 0 Å². The Balaban J connectivity index is 2.05. The molecule has 1 unspecified atom stereocenters. The first kappa shape index (κ1) is 8.73. The highest BCUT2D eigenvalue weighted by Crippen LogP contribution is 2.22. The number of fused-ring (bicyclic) bond motifs is 1. The third kappa shape index (κ3) is 1.47. The van der Waals surface area contributed by atoms with E-state index >= 15 is 0 Å². The maximum atomic E-state index is 5.72. The largest absolute Gasteiger partial charge is 0.399 e. The maximum absolute atomic E-state index is 5.72. The Bertz CT molecular complexity index is 482. The molecule has 1 fully saturated rings. The van der Waals surface area contributed by atoms with Crippen LogP contribution in [0, 0.1) is 0 Å². The Morgan fingerprint density at radius 2 is 2.47 bits per heavy atom. The lowest BCUT2D eigenvalue weighted by Gasteiger charge is -2.01. The summed E-state index contributed by atoms with van der Waals surface area (Å²) in [5, 5.41) is 3.35. The lowest BCUT2D eigenvalue weighted by Crippen LogP contribution is -2.07. The number of nitrogens with zero attached hydrogens (tertiary/aromatic N) is 2. The van der Waals surface area contributed by atoms with Crippen LogP contribution >= 0.6 is 0 Å². The number of nitrogens with one attached hydrogen (secondary N) is 1. The fourth-order valence-corrected chi connectivity index (χ4v) is 2.12. The van der Waals surface area contributed by atoms with Crippen molar-refractivity contribution in [2.24, 2.45) is 0 Å². The number of nitrogen functional groups attached to an aromatic ring is 1. The molecular formula is C11H14N4. The molecule has 0 spiro atoms. The van der Waals surface area contributed by atoms with Crippen molar-refractivity contribution in [3.8, 4) is 0 Å². The van der Waals surface area contributed by atoms with Gasteiger partial charge in [0.15, 0.2) is 0 Å². The number of pyridine rings is 1. The summed E-state index contributed by atoms with van der Waals surface area (Å²) in [6.45, 7) is 2.14. The highest BCUT2D eigenvalue weighted by molar-refractivity contribution is 5.52. The second-order valence-electron chi connectivity index (χ2n) is 4.08. The van der Waals surface area contributed by atoms with Gasteiger partial charge in [-0.15, -0.1) is 0 Å². The lowest BCUT2D eigenvalue weighted by atomic mass is 10.1. The molecule has 1 saturated heterocycles. The molecule has 4 nitrogen and oxygen atoms in total. The van der Waals surface area contributed by atoms with Crippen molar-refractivity contribution in [1.82, 2.24) is 14.7 Å². The van der Waals surface area contributed by atoms with Gasteiger partial charge < -0.3 is 15.5 Å². The number of anilines is 1. The minimum absolute atomic E-state index is 0.561. The van der Waals surface area contributed by atoms with Crippen LogP contribution in [0.25, 0.3) is 5.65 Å². The number of imidazole rings is 1. The van der Waals surface area contributed by atoms with Gasteiger partial charge in [0.05, 0.1) is 5.69 Å². The second-order valence-corrected chi connectivity index (χ2v) is 4.08. The second kappa shape index (κ2) is 3.24. The number of aromatic nitrogens is 2. The number of rotatable bonds is 1. The zero-order valence-electron chi connectivity index (χ0n) is 8.48. The van der Waals surface area contributed by atoms with Crippen LogP contribution in [0.15, 0.2) is 24.5 Å². The van der Waals surface area contributed by atoms with Crippen LogP contribution in [0.3, 0.4) is 0 Å².